The standard InChI is InChI=1S/C23H25N3O4S2/c1-14(2)21(23(28)25-24-22(27)20-13-17-8-5-9-19(17)31-20)26-32(29,30)18-11-10-15-6-3-4-7-16(15)12-18/h3-4,6-7,10-14,21,26H,5,8-9H2,1-2H3,(H,24,27)(H,25,28). The molecule has 0 aliphatic heterocycles. The number of nitrogens with one attached hydrogen (secondary N) is 3. The second-order valence-corrected chi connectivity index (χ2v) is 11.1. The number of hydrogen-bond donors (Lipinski definition) is 3. The van der Waals surface area contributed by atoms with Crippen LogP contribution in [0.2, 0.25) is 0 Å². The molecular formula is C23H25N3O4S2. The van der Waals surface area contributed by atoms with Crippen molar-refractivity contribution in [1.29, 1.82) is 0 Å². The zero-order chi connectivity index (χ0) is 22.9. The number of carbonyl (C=O) groups excluding carboxylic acids is 2. The molecule has 1 aliphatic carbocycles. The highest BCUT2D eigenvalue weighted by molar-refractivity contribution is 7.89. The fourth-order valence-corrected chi connectivity index (χ4v) is 6.29. The minimum atomic E-state index is -3.95. The van der Waals surface area contributed by atoms with Gasteiger partial charge in [0.15, 0.2) is 0 Å². The fourth-order valence-electron chi connectivity index (χ4n) is 3.76. The normalized spacial score (nSPS) is 14.3. The molecule has 2 aromatic carbocycles. The maximum atomic E-state index is 13.0. The Morgan fingerprint density at radius 2 is 1.72 bits per heavy atom. The molecule has 2 amide bonds. The first-order chi connectivity index (χ1) is 15.2. The second-order valence-electron chi connectivity index (χ2n) is 8.21. The lowest BCUT2D eigenvalue weighted by atomic mass is 10.1. The molecule has 0 saturated carbocycles. The van der Waals surface area contributed by atoms with Gasteiger partial charge in [0.05, 0.1) is 9.77 Å². The molecule has 4 rings (SSSR count). The zero-order valence-electron chi connectivity index (χ0n) is 17.8. The minimum Gasteiger partial charge on any atom is -0.271 e. The number of amides is 2. The number of hydrazine groups is 1. The van der Waals surface area contributed by atoms with Gasteiger partial charge in [-0.25, -0.2) is 8.42 Å². The summed E-state index contributed by atoms with van der Waals surface area (Å²) in [5.41, 5.74) is 5.97. The van der Waals surface area contributed by atoms with E-state index in [9.17, 15) is 18.0 Å². The number of aryl methyl sites for hydroxylation is 2. The molecule has 7 nitrogen and oxygen atoms in total. The predicted molar refractivity (Wildman–Crippen MR) is 125 cm³/mol. The van der Waals surface area contributed by atoms with Crippen LogP contribution in [0.5, 0.6) is 0 Å². The highest BCUT2D eigenvalue weighted by atomic mass is 32.2. The van der Waals surface area contributed by atoms with Crippen molar-refractivity contribution in [3.63, 3.8) is 0 Å². The Labute approximate surface area is 191 Å². The van der Waals surface area contributed by atoms with Crippen molar-refractivity contribution in [2.45, 2.75) is 44.0 Å². The van der Waals surface area contributed by atoms with Crippen molar-refractivity contribution in [3.05, 3.63) is 63.8 Å². The molecule has 0 spiro atoms. The van der Waals surface area contributed by atoms with Crippen LogP contribution in [-0.4, -0.2) is 26.3 Å². The average Bonchev–Trinajstić information content (AvgIpc) is 3.37. The Bertz CT molecular complexity index is 1260. The summed E-state index contributed by atoms with van der Waals surface area (Å²) in [6.45, 7) is 3.47. The van der Waals surface area contributed by atoms with E-state index in [-0.39, 0.29) is 10.8 Å². The van der Waals surface area contributed by atoms with E-state index in [0.717, 1.165) is 30.0 Å². The summed E-state index contributed by atoms with van der Waals surface area (Å²) in [5, 5.41) is 1.71. The number of fused-ring (bicyclic) bond motifs is 2. The van der Waals surface area contributed by atoms with Crippen molar-refractivity contribution in [2.75, 3.05) is 0 Å². The first kappa shape index (κ1) is 22.4. The minimum absolute atomic E-state index is 0.0757. The average molecular weight is 472 g/mol. The van der Waals surface area contributed by atoms with Crippen LogP contribution in [0, 0.1) is 5.92 Å². The summed E-state index contributed by atoms with van der Waals surface area (Å²) in [5.74, 6) is -1.37. The highest BCUT2D eigenvalue weighted by Gasteiger charge is 2.29. The number of sulfonamides is 1. The van der Waals surface area contributed by atoms with E-state index in [4.69, 9.17) is 0 Å². The van der Waals surface area contributed by atoms with Gasteiger partial charge >= 0.3 is 0 Å². The summed E-state index contributed by atoms with van der Waals surface area (Å²) in [7, 11) is -3.95. The maximum Gasteiger partial charge on any atom is 0.279 e. The fraction of sp³-hybridized carbons (Fsp3) is 0.304. The Kier molecular flexibility index (Phi) is 6.32. The van der Waals surface area contributed by atoms with Crippen LogP contribution in [0.3, 0.4) is 0 Å². The molecule has 0 radical (unpaired) electrons. The van der Waals surface area contributed by atoms with Crippen LogP contribution in [0.15, 0.2) is 53.4 Å². The van der Waals surface area contributed by atoms with Gasteiger partial charge in [-0.05, 0) is 59.7 Å². The first-order valence-corrected chi connectivity index (χ1v) is 12.8. The van der Waals surface area contributed by atoms with Crippen molar-refractivity contribution in [1.82, 2.24) is 15.6 Å². The molecule has 32 heavy (non-hydrogen) atoms. The Balaban J connectivity index is 1.44. The van der Waals surface area contributed by atoms with Gasteiger partial charge in [0, 0.05) is 4.88 Å². The molecule has 0 bridgehead atoms. The second kappa shape index (κ2) is 9.01. The van der Waals surface area contributed by atoms with Gasteiger partial charge in [-0.2, -0.15) is 4.72 Å². The lowest BCUT2D eigenvalue weighted by Crippen LogP contribution is -2.54. The predicted octanol–water partition coefficient (Wildman–Crippen LogP) is 3.15. The Morgan fingerprint density at radius 1 is 0.969 bits per heavy atom. The van der Waals surface area contributed by atoms with Crippen LogP contribution < -0.4 is 15.6 Å². The van der Waals surface area contributed by atoms with Gasteiger partial charge in [-0.15, -0.1) is 11.3 Å². The van der Waals surface area contributed by atoms with E-state index in [2.05, 4.69) is 15.6 Å². The largest absolute Gasteiger partial charge is 0.279 e. The zero-order valence-corrected chi connectivity index (χ0v) is 19.5. The number of carbonyl (C=O) groups is 2. The van der Waals surface area contributed by atoms with E-state index in [0.29, 0.717) is 4.88 Å². The van der Waals surface area contributed by atoms with Gasteiger partial charge < -0.3 is 0 Å². The molecular weight excluding hydrogens is 446 g/mol. The molecule has 1 aliphatic rings. The van der Waals surface area contributed by atoms with Gasteiger partial charge in [0.2, 0.25) is 10.0 Å². The quantitative estimate of drug-likeness (QED) is 0.481. The van der Waals surface area contributed by atoms with Crippen molar-refractivity contribution in [2.24, 2.45) is 5.92 Å². The molecule has 0 fully saturated rings. The summed E-state index contributed by atoms with van der Waals surface area (Å²) >= 11 is 1.43. The number of hydrogen-bond acceptors (Lipinski definition) is 5. The van der Waals surface area contributed by atoms with Crippen molar-refractivity contribution in [3.8, 4) is 0 Å². The topological polar surface area (TPSA) is 104 Å². The molecule has 9 heteroatoms. The van der Waals surface area contributed by atoms with Crippen LogP contribution in [0.4, 0.5) is 0 Å². The molecule has 3 N–H and O–H groups in total. The highest BCUT2D eigenvalue weighted by Crippen LogP contribution is 2.30. The van der Waals surface area contributed by atoms with Gasteiger partial charge in [0.25, 0.3) is 11.8 Å². The summed E-state index contributed by atoms with van der Waals surface area (Å²) in [6.07, 6.45) is 3.05. The van der Waals surface area contributed by atoms with E-state index in [1.54, 1.807) is 26.0 Å². The third-order valence-corrected chi connectivity index (χ3v) is 8.21. The molecule has 1 aromatic heterocycles. The molecule has 1 atom stereocenters. The van der Waals surface area contributed by atoms with Crippen molar-refractivity contribution >= 4 is 43.9 Å². The summed E-state index contributed by atoms with van der Waals surface area (Å²) in [4.78, 5) is 27.0. The lowest BCUT2D eigenvalue weighted by Gasteiger charge is -2.21. The van der Waals surface area contributed by atoms with Crippen LogP contribution in [0.1, 0.15) is 40.4 Å². The lowest BCUT2D eigenvalue weighted by molar-refractivity contribution is -0.124. The maximum absolute atomic E-state index is 13.0. The Morgan fingerprint density at radius 3 is 2.44 bits per heavy atom. The SMILES string of the molecule is CC(C)C(NS(=O)(=O)c1ccc2ccccc2c1)C(=O)NNC(=O)c1cc2c(s1)CCC2. The van der Waals surface area contributed by atoms with E-state index in [1.165, 1.54) is 27.8 Å². The third-order valence-electron chi connectivity index (χ3n) is 5.53. The molecule has 1 heterocycles. The van der Waals surface area contributed by atoms with Crippen molar-refractivity contribution < 1.29 is 18.0 Å². The molecule has 3 aromatic rings. The molecule has 1 unspecified atom stereocenters. The van der Waals surface area contributed by atoms with Crippen LogP contribution in [-0.2, 0) is 27.7 Å². The number of rotatable bonds is 6. The number of thiophene rings is 1. The van der Waals surface area contributed by atoms with Crippen LogP contribution in [0.25, 0.3) is 10.8 Å². The van der Waals surface area contributed by atoms with E-state index < -0.39 is 27.9 Å². The van der Waals surface area contributed by atoms with E-state index in [1.807, 2.05) is 30.3 Å². The molecule has 168 valence electrons. The summed E-state index contributed by atoms with van der Waals surface area (Å²) in [6, 6.07) is 13.1. The first-order valence-electron chi connectivity index (χ1n) is 10.5. The third kappa shape index (κ3) is 4.69. The monoisotopic (exact) mass is 471 g/mol. The Hall–Kier alpha value is -2.75. The molecule has 0 saturated heterocycles. The van der Waals surface area contributed by atoms with Gasteiger partial charge in [0.1, 0.15) is 6.04 Å². The summed E-state index contributed by atoms with van der Waals surface area (Å²) < 4.78 is 28.4. The van der Waals surface area contributed by atoms with Gasteiger partial charge in [-0.1, -0.05) is 44.2 Å². The number of benzene rings is 2. The smallest absolute Gasteiger partial charge is 0.271 e. The van der Waals surface area contributed by atoms with Crippen LogP contribution >= 0.6 is 11.3 Å². The van der Waals surface area contributed by atoms with Gasteiger partial charge in [-0.3, -0.25) is 20.4 Å². The van der Waals surface area contributed by atoms with E-state index >= 15 is 0 Å².